The Labute approximate surface area is 231 Å². The fraction of sp³-hybridized carbons (Fsp3) is 0.138. The highest BCUT2D eigenvalue weighted by atomic mass is 19.4. The molecule has 1 aliphatic heterocycles. The van der Waals surface area contributed by atoms with Gasteiger partial charge in [0, 0.05) is 0 Å². The second-order valence-corrected chi connectivity index (χ2v) is 8.57. The highest BCUT2D eigenvalue weighted by Crippen LogP contribution is 2.47. The zero-order chi connectivity index (χ0) is 29.9. The minimum Gasteiger partial charge on any atom is -0.466 e. The number of halogens is 4. The molecule has 0 fully saturated rings. The minimum atomic E-state index is -5.03. The molecule has 210 valence electrons. The lowest BCUT2D eigenvalue weighted by Crippen LogP contribution is -2.41. The molecule has 12 heteroatoms. The van der Waals surface area contributed by atoms with Gasteiger partial charge in [0.1, 0.15) is 28.8 Å². The van der Waals surface area contributed by atoms with Crippen LogP contribution in [0.1, 0.15) is 17.0 Å². The molecule has 0 aliphatic carbocycles. The summed E-state index contributed by atoms with van der Waals surface area (Å²) in [5, 5.41) is 10.1. The molecule has 3 aromatic rings. The fourth-order valence-electron chi connectivity index (χ4n) is 4.40. The molecule has 1 aliphatic rings. The van der Waals surface area contributed by atoms with Crippen LogP contribution >= 0.6 is 0 Å². The van der Waals surface area contributed by atoms with Gasteiger partial charge in [-0.05, 0) is 48.0 Å². The maximum Gasteiger partial charge on any atom is 0.418 e. The summed E-state index contributed by atoms with van der Waals surface area (Å²) in [7, 11) is 2.00. The summed E-state index contributed by atoms with van der Waals surface area (Å²) in [6.45, 7) is 0. The van der Waals surface area contributed by atoms with Gasteiger partial charge in [0.05, 0.1) is 48.6 Å². The number of methoxy groups -OCH3 is 2. The number of allylic oxidation sites excluding steroid dienone is 1. The number of rotatable bonds is 6. The Morgan fingerprint density at radius 2 is 1.54 bits per heavy atom. The number of hydrogen-bond acceptors (Lipinski definition) is 8. The van der Waals surface area contributed by atoms with E-state index in [1.807, 2.05) is 6.07 Å². The number of nitrogens with zero attached hydrogens (tertiary/aromatic N) is 2. The van der Waals surface area contributed by atoms with Crippen LogP contribution in [0.25, 0.3) is 0 Å². The number of ether oxygens (including phenoxy) is 3. The van der Waals surface area contributed by atoms with Crippen molar-refractivity contribution in [1.82, 2.24) is 0 Å². The highest BCUT2D eigenvalue weighted by Gasteiger charge is 2.45. The summed E-state index contributed by atoms with van der Waals surface area (Å²) in [6, 6.07) is 17.3. The van der Waals surface area contributed by atoms with E-state index < -0.39 is 58.2 Å². The molecule has 0 saturated heterocycles. The van der Waals surface area contributed by atoms with E-state index in [0.717, 1.165) is 38.5 Å². The monoisotopic (exact) mass is 567 g/mol. The molecule has 4 rings (SSSR count). The predicted molar refractivity (Wildman–Crippen MR) is 137 cm³/mol. The highest BCUT2D eigenvalue weighted by molar-refractivity contribution is 6.06. The first-order valence-electron chi connectivity index (χ1n) is 11.8. The maximum absolute atomic E-state index is 14.5. The molecule has 8 nitrogen and oxygen atoms in total. The number of nitrogens with two attached hydrogens (primary N) is 1. The van der Waals surface area contributed by atoms with Gasteiger partial charge < -0.3 is 19.9 Å². The molecule has 1 heterocycles. The van der Waals surface area contributed by atoms with Crippen molar-refractivity contribution >= 4 is 17.6 Å². The van der Waals surface area contributed by atoms with Crippen LogP contribution in [-0.4, -0.2) is 26.2 Å². The molecule has 1 unspecified atom stereocenters. The quantitative estimate of drug-likeness (QED) is 0.305. The third kappa shape index (κ3) is 5.56. The molecular formula is C29H21F4N3O5. The molecule has 0 amide bonds. The van der Waals surface area contributed by atoms with Gasteiger partial charge >= 0.3 is 18.1 Å². The van der Waals surface area contributed by atoms with Crippen molar-refractivity contribution in [2.45, 2.75) is 12.1 Å². The Kier molecular flexibility index (Phi) is 8.00. The Morgan fingerprint density at radius 3 is 2.10 bits per heavy atom. The van der Waals surface area contributed by atoms with Crippen LogP contribution in [-0.2, 0) is 25.2 Å². The number of carbonyl (C=O) groups is 2. The Morgan fingerprint density at radius 1 is 0.927 bits per heavy atom. The lowest BCUT2D eigenvalue weighted by atomic mass is 9.80. The van der Waals surface area contributed by atoms with Gasteiger partial charge in [-0.15, -0.1) is 0 Å². The molecule has 0 bridgehead atoms. The van der Waals surface area contributed by atoms with E-state index in [1.165, 1.54) is 12.1 Å². The van der Waals surface area contributed by atoms with Crippen LogP contribution in [0.4, 0.5) is 23.2 Å². The normalized spacial score (nSPS) is 15.3. The number of hydrogen-bond donors (Lipinski definition) is 1. The lowest BCUT2D eigenvalue weighted by Gasteiger charge is -2.37. The van der Waals surface area contributed by atoms with Crippen molar-refractivity contribution in [3.63, 3.8) is 0 Å². The number of alkyl halides is 3. The average molecular weight is 567 g/mol. The third-order valence-corrected chi connectivity index (χ3v) is 6.17. The van der Waals surface area contributed by atoms with Gasteiger partial charge in [-0.25, -0.2) is 14.0 Å². The smallest absolute Gasteiger partial charge is 0.418 e. The van der Waals surface area contributed by atoms with Crippen LogP contribution < -0.4 is 15.4 Å². The van der Waals surface area contributed by atoms with Gasteiger partial charge in [-0.1, -0.05) is 30.3 Å². The van der Waals surface area contributed by atoms with Crippen LogP contribution in [0.2, 0.25) is 0 Å². The number of esters is 2. The largest absolute Gasteiger partial charge is 0.466 e. The van der Waals surface area contributed by atoms with Crippen LogP contribution in [0.5, 0.6) is 11.5 Å². The van der Waals surface area contributed by atoms with E-state index in [-0.39, 0.29) is 17.1 Å². The first kappa shape index (κ1) is 28.7. The Hall–Kier alpha value is -5.31. The summed E-state index contributed by atoms with van der Waals surface area (Å²) in [5.41, 5.74) is 3.25. The molecular weight excluding hydrogens is 546 g/mol. The third-order valence-electron chi connectivity index (χ3n) is 6.17. The first-order valence-corrected chi connectivity index (χ1v) is 11.8. The van der Waals surface area contributed by atoms with Gasteiger partial charge in [0.25, 0.3) is 0 Å². The predicted octanol–water partition coefficient (Wildman–Crippen LogP) is 5.53. The molecule has 3 aromatic carbocycles. The summed E-state index contributed by atoms with van der Waals surface area (Å²) in [6.07, 6.45) is -5.03. The molecule has 0 aromatic heterocycles. The average Bonchev–Trinajstić information content (AvgIpc) is 2.97. The number of nitriles is 1. The van der Waals surface area contributed by atoms with Crippen LogP contribution in [0.3, 0.4) is 0 Å². The zero-order valence-corrected chi connectivity index (χ0v) is 21.5. The second-order valence-electron chi connectivity index (χ2n) is 8.57. The van der Waals surface area contributed by atoms with E-state index in [4.69, 9.17) is 19.9 Å². The van der Waals surface area contributed by atoms with Crippen molar-refractivity contribution in [2.24, 2.45) is 5.73 Å². The van der Waals surface area contributed by atoms with Gasteiger partial charge in [0.15, 0.2) is 0 Å². The summed E-state index contributed by atoms with van der Waals surface area (Å²) >= 11 is 0. The van der Waals surface area contributed by atoms with Gasteiger partial charge in [-0.2, -0.15) is 18.4 Å². The molecule has 0 radical (unpaired) electrons. The zero-order valence-electron chi connectivity index (χ0n) is 21.5. The standard InChI is InChI=1S/C29H21F4N3O5/c1-39-27(37)24-23(16-6-4-3-5-7-16)20(15-34)26(35)36(25(24)28(38)40-2)22-13-12-19(14-21(22)29(31,32)33)41-18-10-8-17(30)9-11-18/h3-14,23H,35H2,1-2H3. The fourth-order valence-corrected chi connectivity index (χ4v) is 4.40. The van der Waals surface area contributed by atoms with E-state index in [0.29, 0.717) is 16.5 Å². The van der Waals surface area contributed by atoms with E-state index in [9.17, 15) is 32.4 Å². The lowest BCUT2D eigenvalue weighted by molar-refractivity contribution is -0.140. The number of anilines is 1. The maximum atomic E-state index is 14.5. The minimum absolute atomic E-state index is 0.0604. The molecule has 2 N–H and O–H groups in total. The summed E-state index contributed by atoms with van der Waals surface area (Å²) in [4.78, 5) is 27.0. The van der Waals surface area contributed by atoms with Gasteiger partial charge in [-0.3, -0.25) is 4.90 Å². The van der Waals surface area contributed by atoms with Crippen molar-refractivity contribution in [3.8, 4) is 17.6 Å². The summed E-state index contributed by atoms with van der Waals surface area (Å²) in [5.74, 6) is -4.86. The molecule has 41 heavy (non-hydrogen) atoms. The summed E-state index contributed by atoms with van der Waals surface area (Å²) < 4.78 is 71.9. The Bertz CT molecular complexity index is 1590. The van der Waals surface area contributed by atoms with Crippen molar-refractivity contribution in [1.29, 1.82) is 5.26 Å². The van der Waals surface area contributed by atoms with Crippen molar-refractivity contribution in [3.05, 3.63) is 112 Å². The SMILES string of the molecule is COC(=O)C1=C(C(=O)OC)N(c2ccc(Oc3ccc(F)cc3)cc2C(F)(F)F)C(N)=C(C#N)C1c1ccccc1. The number of benzene rings is 3. The van der Waals surface area contributed by atoms with Gasteiger partial charge in [0.2, 0.25) is 0 Å². The second kappa shape index (κ2) is 11.4. The number of carbonyl (C=O) groups excluding carboxylic acids is 2. The van der Waals surface area contributed by atoms with E-state index >= 15 is 0 Å². The Balaban J connectivity index is 2.00. The van der Waals surface area contributed by atoms with E-state index in [1.54, 1.807) is 30.3 Å². The van der Waals surface area contributed by atoms with E-state index in [2.05, 4.69) is 0 Å². The van der Waals surface area contributed by atoms with Crippen LogP contribution in [0.15, 0.2) is 95.5 Å². The molecule has 0 spiro atoms. The van der Waals surface area contributed by atoms with Crippen LogP contribution in [0, 0.1) is 17.1 Å². The molecule has 1 atom stereocenters. The first-order chi connectivity index (χ1) is 19.5. The topological polar surface area (TPSA) is 115 Å². The van der Waals surface area contributed by atoms with Crippen molar-refractivity contribution < 1.29 is 41.4 Å². The molecule has 0 saturated carbocycles. The van der Waals surface area contributed by atoms with Crippen molar-refractivity contribution in [2.75, 3.05) is 19.1 Å².